The molecule has 0 fully saturated rings. The number of fused-ring (bicyclic) bond motifs is 4. The third-order valence-electron chi connectivity index (χ3n) is 4.88. The van der Waals surface area contributed by atoms with Crippen LogP contribution in [0.3, 0.4) is 0 Å². The van der Waals surface area contributed by atoms with E-state index >= 15 is 0 Å². The predicted molar refractivity (Wildman–Crippen MR) is 114 cm³/mol. The molecule has 5 aromatic rings. The summed E-state index contributed by atoms with van der Waals surface area (Å²) in [5, 5.41) is 2.92. The van der Waals surface area contributed by atoms with Gasteiger partial charge < -0.3 is 4.42 Å². The van der Waals surface area contributed by atoms with E-state index < -0.39 is 6.37 Å². The van der Waals surface area contributed by atoms with Crippen molar-refractivity contribution >= 4 is 43.5 Å². The number of thiophene rings is 1. The second-order valence-corrected chi connectivity index (χ2v) is 7.98. The third kappa shape index (κ3) is 2.55. The van der Waals surface area contributed by atoms with Crippen molar-refractivity contribution < 1.29 is 7.16 Å². The van der Waals surface area contributed by atoms with Gasteiger partial charge in [-0.3, -0.25) is 4.98 Å². The van der Waals surface area contributed by atoms with E-state index in [1.54, 1.807) is 17.5 Å². The van der Waals surface area contributed by atoms with Gasteiger partial charge in [0, 0.05) is 45.9 Å². The molecule has 0 radical (unpaired) electrons. The lowest BCUT2D eigenvalue weighted by molar-refractivity contribution is 0.653. The fraction of sp³-hybridized carbons (Fsp3) is 0.217. The minimum Gasteiger partial charge on any atom is -0.437 e. The molecule has 1 aromatic carbocycles. The zero-order valence-electron chi connectivity index (χ0n) is 17.5. The second-order valence-electron chi connectivity index (χ2n) is 6.72. The first-order valence-electron chi connectivity index (χ1n) is 10.1. The van der Waals surface area contributed by atoms with Gasteiger partial charge >= 0.3 is 0 Å². The first-order chi connectivity index (χ1) is 13.9. The molecule has 0 saturated heterocycles. The SMILES string of the molecule is [2H]C([2H])(CC)c1c(C)sc2cc(-c3cccc4c3oc3nc(C)ccc34)ncc12. The van der Waals surface area contributed by atoms with Crippen LogP contribution in [-0.4, -0.2) is 9.97 Å². The Balaban J connectivity index is 1.74. The van der Waals surface area contributed by atoms with Gasteiger partial charge in [0.25, 0.3) is 0 Å². The van der Waals surface area contributed by atoms with Crippen LogP contribution in [0.15, 0.2) is 47.0 Å². The van der Waals surface area contributed by atoms with E-state index in [0.717, 1.165) is 53.8 Å². The van der Waals surface area contributed by atoms with Gasteiger partial charge in [0.1, 0.15) is 5.58 Å². The van der Waals surface area contributed by atoms with Gasteiger partial charge in [0.15, 0.2) is 0 Å². The van der Waals surface area contributed by atoms with Crippen LogP contribution in [0.25, 0.3) is 43.4 Å². The Kier molecular flexibility index (Phi) is 3.28. The van der Waals surface area contributed by atoms with Gasteiger partial charge in [-0.1, -0.05) is 25.5 Å². The summed E-state index contributed by atoms with van der Waals surface area (Å²) in [7, 11) is 0. The van der Waals surface area contributed by atoms with Crippen molar-refractivity contribution in [2.45, 2.75) is 33.6 Å². The lowest BCUT2D eigenvalue weighted by Crippen LogP contribution is -1.86. The summed E-state index contributed by atoms with van der Waals surface area (Å²) in [6, 6.07) is 12.2. The van der Waals surface area contributed by atoms with Gasteiger partial charge in [-0.05, 0) is 50.0 Å². The van der Waals surface area contributed by atoms with Crippen LogP contribution < -0.4 is 0 Å². The Morgan fingerprint density at radius 1 is 1.11 bits per heavy atom. The van der Waals surface area contributed by atoms with Gasteiger partial charge in [-0.25, -0.2) is 4.98 Å². The number of aromatic nitrogens is 2. The summed E-state index contributed by atoms with van der Waals surface area (Å²) in [6.07, 6.45) is 0.890. The lowest BCUT2D eigenvalue weighted by Gasteiger charge is -2.03. The second kappa shape index (κ2) is 6.17. The molecule has 4 heteroatoms. The number of furan rings is 1. The maximum absolute atomic E-state index is 8.38. The van der Waals surface area contributed by atoms with E-state index in [9.17, 15) is 0 Å². The molecule has 0 saturated carbocycles. The first kappa shape index (κ1) is 14.4. The molecule has 3 nitrogen and oxygen atoms in total. The first-order valence-corrected chi connectivity index (χ1v) is 9.89. The van der Waals surface area contributed by atoms with Gasteiger partial charge in [-0.2, -0.15) is 0 Å². The Labute approximate surface area is 164 Å². The van der Waals surface area contributed by atoms with E-state index in [1.807, 2.05) is 57.2 Å². The number of aryl methyl sites for hydroxylation is 3. The molecule has 0 unspecified atom stereocenters. The Bertz CT molecular complexity index is 1400. The van der Waals surface area contributed by atoms with Gasteiger partial charge in [0.2, 0.25) is 5.71 Å². The number of benzene rings is 1. The Morgan fingerprint density at radius 2 is 2.00 bits per heavy atom. The number of nitrogens with zero attached hydrogens (tertiary/aromatic N) is 2. The molecule has 134 valence electrons. The number of hydrogen-bond donors (Lipinski definition) is 0. The fourth-order valence-electron chi connectivity index (χ4n) is 3.63. The maximum atomic E-state index is 8.38. The van der Waals surface area contributed by atoms with E-state index in [4.69, 9.17) is 12.1 Å². The normalized spacial score (nSPS) is 13.4. The van der Waals surface area contributed by atoms with Crippen molar-refractivity contribution in [1.29, 1.82) is 0 Å². The largest absolute Gasteiger partial charge is 0.437 e. The third-order valence-corrected chi connectivity index (χ3v) is 5.95. The molecule has 0 atom stereocenters. The molecule has 0 amide bonds. The highest BCUT2D eigenvalue weighted by Gasteiger charge is 2.15. The average Bonchev–Trinajstić information content (AvgIpc) is 3.23. The van der Waals surface area contributed by atoms with Crippen molar-refractivity contribution in [2.75, 3.05) is 0 Å². The fourth-order valence-corrected chi connectivity index (χ4v) is 4.68. The molecule has 0 aliphatic carbocycles. The number of pyridine rings is 2. The molecule has 0 aliphatic heterocycles. The maximum Gasteiger partial charge on any atom is 0.227 e. The minimum atomic E-state index is -1.35. The predicted octanol–water partition coefficient (Wildman–Crippen LogP) is 6.83. The summed E-state index contributed by atoms with van der Waals surface area (Å²) in [6.45, 7) is 5.82. The number of rotatable bonds is 3. The van der Waals surface area contributed by atoms with Crippen molar-refractivity contribution in [3.63, 3.8) is 0 Å². The minimum absolute atomic E-state index is 0.437. The van der Waals surface area contributed by atoms with Gasteiger partial charge in [0.05, 0.1) is 5.69 Å². The van der Waals surface area contributed by atoms with E-state index in [1.165, 1.54) is 0 Å². The number of hydrogen-bond acceptors (Lipinski definition) is 4. The highest BCUT2D eigenvalue weighted by molar-refractivity contribution is 7.19. The van der Waals surface area contributed by atoms with Crippen LogP contribution >= 0.6 is 11.3 Å². The van der Waals surface area contributed by atoms with Crippen LogP contribution in [0.2, 0.25) is 0 Å². The van der Waals surface area contributed by atoms with Crippen molar-refractivity contribution in [3.8, 4) is 11.3 Å². The van der Waals surface area contributed by atoms with Crippen LogP contribution in [0.5, 0.6) is 0 Å². The zero-order valence-corrected chi connectivity index (χ0v) is 16.3. The molecule has 0 bridgehead atoms. The highest BCUT2D eigenvalue weighted by Crippen LogP contribution is 2.37. The van der Waals surface area contributed by atoms with E-state index in [-0.39, 0.29) is 0 Å². The average molecular weight is 375 g/mol. The standard InChI is InChI=1S/C23H20N2OS/c1-4-6-15-14(3)27-21-11-20(24-12-19(15)21)18-8-5-7-16-17-10-9-13(2)25-23(17)26-22(16)18/h5,7-12H,4,6H2,1-3H3/i6D2. The monoisotopic (exact) mass is 374 g/mol. The Morgan fingerprint density at radius 3 is 2.85 bits per heavy atom. The molecule has 4 aromatic heterocycles. The summed E-state index contributed by atoms with van der Waals surface area (Å²) in [5.74, 6) is 0. The number of para-hydroxylation sites is 1. The zero-order chi connectivity index (χ0) is 20.3. The molecular formula is C23H20N2OS. The molecule has 0 N–H and O–H groups in total. The van der Waals surface area contributed by atoms with Crippen LogP contribution in [-0.2, 0) is 6.37 Å². The topological polar surface area (TPSA) is 38.9 Å². The molecule has 0 aliphatic rings. The highest BCUT2D eigenvalue weighted by atomic mass is 32.1. The molecule has 27 heavy (non-hydrogen) atoms. The van der Waals surface area contributed by atoms with Gasteiger partial charge in [-0.15, -0.1) is 11.3 Å². The Hall–Kier alpha value is -2.72. The lowest BCUT2D eigenvalue weighted by atomic mass is 10.0. The van der Waals surface area contributed by atoms with Crippen LogP contribution in [0.1, 0.15) is 32.2 Å². The summed E-state index contributed by atoms with van der Waals surface area (Å²) < 4.78 is 23.9. The van der Waals surface area contributed by atoms with Crippen molar-refractivity contribution in [1.82, 2.24) is 9.97 Å². The van der Waals surface area contributed by atoms with E-state index in [2.05, 4.69) is 4.98 Å². The molecule has 4 heterocycles. The van der Waals surface area contributed by atoms with Crippen molar-refractivity contribution in [2.24, 2.45) is 0 Å². The van der Waals surface area contributed by atoms with Crippen LogP contribution in [0.4, 0.5) is 0 Å². The summed E-state index contributed by atoms with van der Waals surface area (Å²) in [5.41, 5.74) is 4.85. The van der Waals surface area contributed by atoms with Crippen molar-refractivity contribution in [3.05, 3.63) is 58.7 Å². The summed E-state index contributed by atoms with van der Waals surface area (Å²) >= 11 is 1.62. The van der Waals surface area contributed by atoms with E-state index in [0.29, 0.717) is 12.1 Å². The quantitative estimate of drug-likeness (QED) is 0.347. The molecule has 5 rings (SSSR count). The molecular weight excluding hydrogens is 352 g/mol. The summed E-state index contributed by atoms with van der Waals surface area (Å²) in [4.78, 5) is 10.2. The van der Waals surface area contributed by atoms with Crippen LogP contribution in [0, 0.1) is 13.8 Å². The molecule has 0 spiro atoms. The smallest absolute Gasteiger partial charge is 0.227 e.